The first-order valence-electron chi connectivity index (χ1n) is 9.87. The van der Waals surface area contributed by atoms with Gasteiger partial charge in [-0.05, 0) is 31.4 Å². The molecule has 1 aromatic carbocycles. The molecule has 1 spiro atoms. The fourth-order valence-corrected chi connectivity index (χ4v) is 4.20. The molecular formula is C21H29N3O3. The minimum atomic E-state index is -1.23. The van der Waals surface area contributed by atoms with Crippen LogP contribution in [0.25, 0.3) is 0 Å². The summed E-state index contributed by atoms with van der Waals surface area (Å²) in [5.41, 5.74) is 1.87. The highest BCUT2D eigenvalue weighted by atomic mass is 16.2. The zero-order valence-electron chi connectivity index (χ0n) is 16.5. The van der Waals surface area contributed by atoms with Crippen LogP contribution in [0.4, 0.5) is 10.5 Å². The number of carbonyl (C=O) groups excluding carboxylic acids is 3. The maximum Gasteiger partial charge on any atom is 0.330 e. The van der Waals surface area contributed by atoms with Crippen molar-refractivity contribution in [2.75, 3.05) is 25.0 Å². The maximum absolute atomic E-state index is 13.3. The zero-order valence-corrected chi connectivity index (χ0v) is 16.5. The average molecular weight is 371 g/mol. The van der Waals surface area contributed by atoms with E-state index in [0.29, 0.717) is 13.0 Å². The molecule has 2 aliphatic heterocycles. The number of nitrogens with one attached hydrogen (secondary N) is 1. The lowest BCUT2D eigenvalue weighted by molar-refractivity contribution is -0.151. The largest absolute Gasteiger partial charge is 0.373 e. The normalized spacial score (nSPS) is 22.3. The highest BCUT2D eigenvalue weighted by Crippen LogP contribution is 2.39. The molecule has 1 atom stereocenters. The second-order valence-electron chi connectivity index (χ2n) is 7.88. The van der Waals surface area contributed by atoms with Gasteiger partial charge in [0.15, 0.2) is 0 Å². The number of carbonyl (C=O) groups is 3. The van der Waals surface area contributed by atoms with Gasteiger partial charge in [-0.2, -0.15) is 0 Å². The summed E-state index contributed by atoms with van der Waals surface area (Å²) in [4.78, 5) is 41.6. The first-order valence-corrected chi connectivity index (χ1v) is 9.87. The Morgan fingerprint density at radius 2 is 1.85 bits per heavy atom. The molecule has 0 bridgehead atoms. The SMILES string of the molecule is CCCCCCCN1C(=O)NC(=O)C2(Cc3cc(C)ccc3N(C)C2)C1=O. The van der Waals surface area contributed by atoms with Crippen LogP contribution in [-0.2, 0) is 16.0 Å². The number of barbiturate groups is 1. The molecule has 2 heterocycles. The summed E-state index contributed by atoms with van der Waals surface area (Å²) in [5.74, 6) is -0.829. The Balaban J connectivity index is 1.82. The summed E-state index contributed by atoms with van der Waals surface area (Å²) in [6.45, 7) is 4.80. The van der Waals surface area contributed by atoms with E-state index in [1.807, 2.05) is 37.1 Å². The molecule has 6 nitrogen and oxygen atoms in total. The number of fused-ring (bicyclic) bond motifs is 1. The molecule has 1 unspecified atom stereocenters. The third-order valence-electron chi connectivity index (χ3n) is 5.69. The third-order valence-corrected chi connectivity index (χ3v) is 5.69. The van der Waals surface area contributed by atoms with Crippen molar-refractivity contribution < 1.29 is 14.4 Å². The van der Waals surface area contributed by atoms with Gasteiger partial charge in [0.1, 0.15) is 5.41 Å². The number of anilines is 1. The summed E-state index contributed by atoms with van der Waals surface area (Å²) in [7, 11) is 1.89. The Kier molecular flexibility index (Phi) is 5.53. The molecule has 4 amide bonds. The number of amides is 4. The van der Waals surface area contributed by atoms with Gasteiger partial charge in [-0.3, -0.25) is 19.8 Å². The molecule has 0 aliphatic carbocycles. The maximum atomic E-state index is 13.3. The first-order chi connectivity index (χ1) is 12.9. The Bertz CT molecular complexity index is 761. The van der Waals surface area contributed by atoms with Crippen molar-refractivity contribution in [2.45, 2.75) is 52.4 Å². The van der Waals surface area contributed by atoms with Crippen LogP contribution in [0, 0.1) is 12.3 Å². The number of unbranched alkanes of at least 4 members (excludes halogenated alkanes) is 4. The quantitative estimate of drug-likeness (QED) is 0.616. The fourth-order valence-electron chi connectivity index (χ4n) is 4.20. The average Bonchev–Trinajstić information content (AvgIpc) is 2.62. The zero-order chi connectivity index (χ0) is 19.6. The van der Waals surface area contributed by atoms with Crippen LogP contribution in [0.3, 0.4) is 0 Å². The fraction of sp³-hybridized carbons (Fsp3) is 0.571. The Labute approximate surface area is 160 Å². The molecule has 27 heavy (non-hydrogen) atoms. The summed E-state index contributed by atoms with van der Waals surface area (Å²) in [5, 5.41) is 2.44. The van der Waals surface area contributed by atoms with Gasteiger partial charge in [0.25, 0.3) is 0 Å². The molecule has 0 saturated carbocycles. The van der Waals surface area contributed by atoms with Crippen molar-refractivity contribution in [2.24, 2.45) is 5.41 Å². The van der Waals surface area contributed by atoms with E-state index in [2.05, 4.69) is 12.2 Å². The number of hydrogen-bond donors (Lipinski definition) is 1. The molecule has 1 N–H and O–H groups in total. The molecule has 0 aromatic heterocycles. The Hall–Kier alpha value is -2.37. The lowest BCUT2D eigenvalue weighted by atomic mass is 9.74. The van der Waals surface area contributed by atoms with E-state index in [4.69, 9.17) is 0 Å². The minimum Gasteiger partial charge on any atom is -0.373 e. The van der Waals surface area contributed by atoms with Gasteiger partial charge in [0.2, 0.25) is 11.8 Å². The van der Waals surface area contributed by atoms with Gasteiger partial charge in [-0.15, -0.1) is 0 Å². The molecule has 1 saturated heterocycles. The number of urea groups is 1. The van der Waals surface area contributed by atoms with Crippen LogP contribution in [0.1, 0.15) is 50.2 Å². The van der Waals surface area contributed by atoms with Gasteiger partial charge < -0.3 is 4.90 Å². The van der Waals surface area contributed by atoms with Gasteiger partial charge in [0, 0.05) is 25.8 Å². The van der Waals surface area contributed by atoms with E-state index in [0.717, 1.165) is 48.9 Å². The molecule has 6 heteroatoms. The van der Waals surface area contributed by atoms with E-state index in [-0.39, 0.29) is 12.5 Å². The van der Waals surface area contributed by atoms with Crippen LogP contribution in [0.2, 0.25) is 0 Å². The van der Waals surface area contributed by atoms with Crippen LogP contribution in [0.5, 0.6) is 0 Å². The summed E-state index contributed by atoms with van der Waals surface area (Å²) in [6.07, 6.45) is 5.48. The van der Waals surface area contributed by atoms with E-state index < -0.39 is 17.4 Å². The van der Waals surface area contributed by atoms with Gasteiger partial charge in [0.05, 0.1) is 0 Å². The lowest BCUT2D eigenvalue weighted by Crippen LogP contribution is -2.68. The molecule has 1 aromatic rings. The van der Waals surface area contributed by atoms with Crippen LogP contribution >= 0.6 is 0 Å². The number of benzene rings is 1. The molecule has 2 aliphatic rings. The summed E-state index contributed by atoms with van der Waals surface area (Å²) < 4.78 is 0. The van der Waals surface area contributed by atoms with E-state index in [9.17, 15) is 14.4 Å². The Morgan fingerprint density at radius 3 is 2.59 bits per heavy atom. The van der Waals surface area contributed by atoms with Crippen LogP contribution in [0.15, 0.2) is 18.2 Å². The third kappa shape index (κ3) is 3.57. The number of rotatable bonds is 6. The summed E-state index contributed by atoms with van der Waals surface area (Å²) in [6, 6.07) is 5.50. The van der Waals surface area contributed by atoms with Crippen LogP contribution in [-0.4, -0.2) is 42.9 Å². The van der Waals surface area contributed by atoms with Crippen molar-refractivity contribution >= 4 is 23.5 Å². The number of nitrogens with zero attached hydrogens (tertiary/aromatic N) is 2. The Morgan fingerprint density at radius 1 is 1.11 bits per heavy atom. The molecule has 146 valence electrons. The number of imide groups is 2. The van der Waals surface area contributed by atoms with Crippen LogP contribution < -0.4 is 10.2 Å². The smallest absolute Gasteiger partial charge is 0.330 e. The monoisotopic (exact) mass is 371 g/mol. The predicted octanol–water partition coefficient (Wildman–Crippen LogP) is 3.02. The first kappa shape index (κ1) is 19.4. The summed E-state index contributed by atoms with van der Waals surface area (Å²) >= 11 is 0. The van der Waals surface area contributed by atoms with E-state index in [1.165, 1.54) is 4.90 Å². The van der Waals surface area contributed by atoms with E-state index >= 15 is 0 Å². The highest BCUT2D eigenvalue weighted by molar-refractivity contribution is 6.20. The second kappa shape index (κ2) is 7.71. The van der Waals surface area contributed by atoms with Gasteiger partial charge in [-0.25, -0.2) is 4.79 Å². The van der Waals surface area contributed by atoms with Crippen molar-refractivity contribution in [3.8, 4) is 0 Å². The number of aryl methyl sites for hydroxylation is 1. The molecule has 1 fully saturated rings. The second-order valence-corrected chi connectivity index (χ2v) is 7.88. The van der Waals surface area contributed by atoms with Gasteiger partial charge in [-0.1, -0.05) is 50.3 Å². The predicted molar refractivity (Wildman–Crippen MR) is 105 cm³/mol. The van der Waals surface area contributed by atoms with Crippen molar-refractivity contribution in [1.29, 1.82) is 0 Å². The van der Waals surface area contributed by atoms with Gasteiger partial charge >= 0.3 is 6.03 Å². The topological polar surface area (TPSA) is 69.7 Å². The van der Waals surface area contributed by atoms with Crippen molar-refractivity contribution in [3.63, 3.8) is 0 Å². The highest BCUT2D eigenvalue weighted by Gasteiger charge is 2.56. The number of hydrogen-bond acceptors (Lipinski definition) is 4. The standard InChI is InChI=1S/C21H29N3O3/c1-4-5-6-7-8-11-24-19(26)21(18(25)22-20(24)27)13-16-12-15(2)9-10-17(16)23(3)14-21/h9-10,12H,4-8,11,13-14H2,1-3H3,(H,22,25,27). The van der Waals surface area contributed by atoms with Crippen molar-refractivity contribution in [1.82, 2.24) is 10.2 Å². The molecular weight excluding hydrogens is 342 g/mol. The lowest BCUT2D eigenvalue weighted by Gasteiger charge is -2.45. The van der Waals surface area contributed by atoms with Crippen molar-refractivity contribution in [3.05, 3.63) is 29.3 Å². The molecule has 3 rings (SSSR count). The van der Waals surface area contributed by atoms with E-state index in [1.54, 1.807) is 0 Å². The molecule has 0 radical (unpaired) electrons. The minimum absolute atomic E-state index is 0.285.